The van der Waals surface area contributed by atoms with Gasteiger partial charge in [0.2, 0.25) is 0 Å². The third kappa shape index (κ3) is 3.44. The number of phenolic OH excluding ortho intramolecular Hbond substituents is 1. The van der Waals surface area contributed by atoms with Gasteiger partial charge < -0.3 is 10.8 Å². The Morgan fingerprint density at radius 1 is 1.20 bits per heavy atom. The molecule has 0 saturated carbocycles. The Labute approximate surface area is 124 Å². The molecule has 0 heterocycles. The maximum absolute atomic E-state index is 9.87. The van der Waals surface area contributed by atoms with Gasteiger partial charge in [-0.15, -0.1) is 0 Å². The lowest BCUT2D eigenvalue weighted by atomic mass is 10.1. The number of benzene rings is 2. The van der Waals surface area contributed by atoms with Crippen molar-refractivity contribution in [1.82, 2.24) is 4.90 Å². The first-order valence-corrected chi connectivity index (χ1v) is 6.88. The number of hydrogen-bond acceptors (Lipinski definition) is 3. The molecular weight excluding hydrogens is 272 g/mol. The molecule has 2 aromatic rings. The van der Waals surface area contributed by atoms with Crippen LogP contribution in [0.5, 0.6) is 5.75 Å². The normalized spacial score (nSPS) is 12.6. The van der Waals surface area contributed by atoms with Crippen molar-refractivity contribution in [3.8, 4) is 5.75 Å². The zero-order chi connectivity index (χ0) is 14.7. The molecule has 0 radical (unpaired) electrons. The first kappa shape index (κ1) is 14.7. The summed E-state index contributed by atoms with van der Waals surface area (Å²) in [4.78, 5) is 2.15. The van der Waals surface area contributed by atoms with Crippen molar-refractivity contribution in [2.24, 2.45) is 0 Å². The van der Waals surface area contributed by atoms with Gasteiger partial charge >= 0.3 is 0 Å². The van der Waals surface area contributed by atoms with Crippen LogP contribution in [0.3, 0.4) is 0 Å². The highest BCUT2D eigenvalue weighted by molar-refractivity contribution is 6.30. The standard InChI is InChI=1S/C16H19ClN2O/c1-11(12-3-5-14(17)6-4-12)19(2)10-13-9-15(18)7-8-16(13)20/h3-9,11,20H,10,18H2,1-2H3. The quantitative estimate of drug-likeness (QED) is 0.665. The van der Waals surface area contributed by atoms with E-state index >= 15 is 0 Å². The molecule has 0 aliphatic heterocycles. The molecule has 20 heavy (non-hydrogen) atoms. The van der Waals surface area contributed by atoms with E-state index in [-0.39, 0.29) is 11.8 Å². The number of aromatic hydroxyl groups is 1. The molecule has 0 fully saturated rings. The molecule has 0 spiro atoms. The summed E-state index contributed by atoms with van der Waals surface area (Å²) >= 11 is 5.90. The van der Waals surface area contributed by atoms with Crippen LogP contribution in [0.15, 0.2) is 42.5 Å². The van der Waals surface area contributed by atoms with Gasteiger partial charge in [0.25, 0.3) is 0 Å². The van der Waals surface area contributed by atoms with Crippen LogP contribution in [0.2, 0.25) is 5.02 Å². The lowest BCUT2D eigenvalue weighted by Gasteiger charge is -2.25. The van der Waals surface area contributed by atoms with Crippen LogP contribution in [0.4, 0.5) is 5.69 Å². The van der Waals surface area contributed by atoms with Gasteiger partial charge in [-0.1, -0.05) is 23.7 Å². The summed E-state index contributed by atoms with van der Waals surface area (Å²) in [6.07, 6.45) is 0. The summed E-state index contributed by atoms with van der Waals surface area (Å²) in [7, 11) is 2.02. The monoisotopic (exact) mass is 290 g/mol. The van der Waals surface area contributed by atoms with Gasteiger partial charge in [0, 0.05) is 28.9 Å². The second-order valence-electron chi connectivity index (χ2n) is 5.03. The van der Waals surface area contributed by atoms with E-state index in [1.807, 2.05) is 31.3 Å². The second-order valence-corrected chi connectivity index (χ2v) is 5.47. The largest absolute Gasteiger partial charge is 0.508 e. The maximum atomic E-state index is 9.87. The van der Waals surface area contributed by atoms with Crippen LogP contribution < -0.4 is 5.73 Å². The van der Waals surface area contributed by atoms with Crippen LogP contribution in [-0.2, 0) is 6.54 Å². The number of phenols is 1. The summed E-state index contributed by atoms with van der Waals surface area (Å²) in [5.74, 6) is 0.273. The number of nitrogens with zero attached hydrogens (tertiary/aromatic N) is 1. The molecule has 0 amide bonds. The maximum Gasteiger partial charge on any atom is 0.120 e. The van der Waals surface area contributed by atoms with E-state index in [1.165, 1.54) is 5.56 Å². The van der Waals surface area contributed by atoms with E-state index in [4.69, 9.17) is 17.3 Å². The van der Waals surface area contributed by atoms with Crippen molar-refractivity contribution in [2.45, 2.75) is 19.5 Å². The second kappa shape index (κ2) is 6.16. The predicted molar refractivity (Wildman–Crippen MR) is 83.9 cm³/mol. The molecule has 3 nitrogen and oxygen atoms in total. The molecule has 0 aliphatic carbocycles. The number of nitrogen functional groups attached to an aromatic ring is 1. The molecular formula is C16H19ClN2O. The average Bonchev–Trinajstić information content (AvgIpc) is 2.43. The molecule has 1 atom stereocenters. The predicted octanol–water partition coefficient (Wildman–Crippen LogP) is 3.82. The third-order valence-corrected chi connectivity index (χ3v) is 3.79. The first-order chi connectivity index (χ1) is 9.47. The fourth-order valence-corrected chi connectivity index (χ4v) is 2.26. The van der Waals surface area contributed by atoms with Gasteiger partial charge in [-0.25, -0.2) is 0 Å². The minimum Gasteiger partial charge on any atom is -0.508 e. The Kier molecular flexibility index (Phi) is 4.53. The minimum absolute atomic E-state index is 0.216. The highest BCUT2D eigenvalue weighted by Gasteiger charge is 2.13. The lowest BCUT2D eigenvalue weighted by molar-refractivity contribution is 0.250. The van der Waals surface area contributed by atoms with Crippen molar-refractivity contribution in [3.63, 3.8) is 0 Å². The molecule has 106 valence electrons. The third-order valence-electron chi connectivity index (χ3n) is 3.54. The number of nitrogens with two attached hydrogens (primary N) is 1. The average molecular weight is 291 g/mol. The topological polar surface area (TPSA) is 49.5 Å². The van der Waals surface area contributed by atoms with Crippen molar-refractivity contribution in [1.29, 1.82) is 0 Å². The fraction of sp³-hybridized carbons (Fsp3) is 0.250. The zero-order valence-corrected chi connectivity index (χ0v) is 12.4. The van der Waals surface area contributed by atoms with Crippen molar-refractivity contribution in [3.05, 3.63) is 58.6 Å². The fourth-order valence-electron chi connectivity index (χ4n) is 2.13. The highest BCUT2D eigenvalue weighted by atomic mass is 35.5. The summed E-state index contributed by atoms with van der Waals surface area (Å²) in [5, 5.41) is 10.6. The van der Waals surface area contributed by atoms with E-state index in [2.05, 4.69) is 11.8 Å². The van der Waals surface area contributed by atoms with E-state index in [0.29, 0.717) is 12.2 Å². The Balaban J connectivity index is 2.13. The van der Waals surface area contributed by atoms with E-state index < -0.39 is 0 Å². The molecule has 0 aliphatic rings. The molecule has 2 aromatic carbocycles. The van der Waals surface area contributed by atoms with Crippen molar-refractivity contribution >= 4 is 17.3 Å². The zero-order valence-electron chi connectivity index (χ0n) is 11.7. The molecule has 0 saturated heterocycles. The van der Waals surface area contributed by atoms with E-state index in [1.54, 1.807) is 18.2 Å². The Bertz CT molecular complexity index is 584. The van der Waals surface area contributed by atoms with Gasteiger partial charge in [-0.05, 0) is 49.9 Å². The smallest absolute Gasteiger partial charge is 0.120 e. The van der Waals surface area contributed by atoms with E-state index in [9.17, 15) is 5.11 Å². The van der Waals surface area contributed by atoms with Gasteiger partial charge in [0.15, 0.2) is 0 Å². The van der Waals surface area contributed by atoms with Crippen LogP contribution in [-0.4, -0.2) is 17.1 Å². The van der Waals surface area contributed by atoms with E-state index in [0.717, 1.165) is 10.6 Å². The van der Waals surface area contributed by atoms with Crippen molar-refractivity contribution < 1.29 is 5.11 Å². The molecule has 4 heteroatoms. The molecule has 0 aromatic heterocycles. The Morgan fingerprint density at radius 3 is 2.50 bits per heavy atom. The van der Waals surface area contributed by atoms with Crippen LogP contribution in [0, 0.1) is 0 Å². The highest BCUT2D eigenvalue weighted by Crippen LogP contribution is 2.26. The molecule has 1 unspecified atom stereocenters. The molecule has 2 rings (SSSR count). The van der Waals surface area contributed by atoms with Gasteiger partial charge in [0.1, 0.15) is 5.75 Å². The number of anilines is 1. The van der Waals surface area contributed by atoms with Crippen LogP contribution in [0.25, 0.3) is 0 Å². The number of rotatable bonds is 4. The summed E-state index contributed by atoms with van der Waals surface area (Å²) < 4.78 is 0. The van der Waals surface area contributed by atoms with Gasteiger partial charge in [-0.2, -0.15) is 0 Å². The summed E-state index contributed by atoms with van der Waals surface area (Å²) in [6.45, 7) is 2.74. The molecule has 0 bridgehead atoms. The summed E-state index contributed by atoms with van der Waals surface area (Å²) in [5.41, 5.74) is 8.43. The van der Waals surface area contributed by atoms with Gasteiger partial charge in [0.05, 0.1) is 0 Å². The van der Waals surface area contributed by atoms with Crippen LogP contribution >= 0.6 is 11.6 Å². The first-order valence-electron chi connectivity index (χ1n) is 6.50. The van der Waals surface area contributed by atoms with Gasteiger partial charge in [-0.3, -0.25) is 4.90 Å². The summed E-state index contributed by atoms with van der Waals surface area (Å²) in [6, 6.07) is 13.2. The molecule has 3 N–H and O–H groups in total. The Morgan fingerprint density at radius 2 is 1.85 bits per heavy atom. The number of halogens is 1. The minimum atomic E-state index is 0.216. The number of hydrogen-bond donors (Lipinski definition) is 2. The van der Waals surface area contributed by atoms with Crippen LogP contribution in [0.1, 0.15) is 24.1 Å². The van der Waals surface area contributed by atoms with Crippen molar-refractivity contribution in [2.75, 3.05) is 12.8 Å². The SMILES string of the molecule is CC(c1ccc(Cl)cc1)N(C)Cc1cc(N)ccc1O. The Hall–Kier alpha value is -1.71. The lowest BCUT2D eigenvalue weighted by Crippen LogP contribution is -2.22.